The van der Waals surface area contributed by atoms with Crippen molar-refractivity contribution in [1.29, 1.82) is 0 Å². The van der Waals surface area contributed by atoms with E-state index in [1.165, 1.54) is 63.4 Å². The molecule has 2 N–H and O–H groups in total. The summed E-state index contributed by atoms with van der Waals surface area (Å²) in [4.78, 5) is 27.8. The summed E-state index contributed by atoms with van der Waals surface area (Å²) in [7, 11) is 0. The van der Waals surface area contributed by atoms with Crippen molar-refractivity contribution in [2.24, 2.45) is 5.92 Å². The number of carboxylic acids is 2. The minimum Gasteiger partial charge on any atom is -0.475 e. The summed E-state index contributed by atoms with van der Waals surface area (Å²) in [5.74, 6) is -3.23. The second-order valence-corrected chi connectivity index (χ2v) is 8.11. The number of fused-ring (bicyclic) bond motifs is 1. The van der Waals surface area contributed by atoms with Crippen molar-refractivity contribution < 1.29 is 46.1 Å². The van der Waals surface area contributed by atoms with Crippen molar-refractivity contribution in [3.63, 3.8) is 0 Å². The van der Waals surface area contributed by atoms with Gasteiger partial charge in [0.2, 0.25) is 0 Å². The van der Waals surface area contributed by atoms with E-state index in [1.807, 2.05) is 0 Å². The molecule has 3 aliphatic rings. The molecular formula is C19H26F6N4O4. The van der Waals surface area contributed by atoms with Gasteiger partial charge in [-0.25, -0.2) is 14.6 Å². The van der Waals surface area contributed by atoms with Crippen molar-refractivity contribution in [3.8, 4) is 0 Å². The maximum atomic E-state index is 10.6. The molecule has 1 saturated heterocycles. The van der Waals surface area contributed by atoms with Gasteiger partial charge in [-0.15, -0.1) is 0 Å². The molecule has 14 heteroatoms. The number of aliphatic carboxylic acids is 2. The molecule has 3 heterocycles. The Morgan fingerprint density at radius 1 is 0.909 bits per heavy atom. The molecule has 2 aliphatic heterocycles. The maximum absolute atomic E-state index is 10.6. The van der Waals surface area contributed by atoms with Crippen LogP contribution in [-0.2, 0) is 29.2 Å². The monoisotopic (exact) mass is 488 g/mol. The summed E-state index contributed by atoms with van der Waals surface area (Å²) in [6.07, 6.45) is -2.25. The Morgan fingerprint density at radius 3 is 1.88 bits per heavy atom. The van der Waals surface area contributed by atoms with Gasteiger partial charge in [-0.2, -0.15) is 26.3 Å². The van der Waals surface area contributed by atoms with Gasteiger partial charge < -0.3 is 14.8 Å². The summed E-state index contributed by atoms with van der Waals surface area (Å²) in [5, 5.41) is 14.2. The van der Waals surface area contributed by atoms with Gasteiger partial charge >= 0.3 is 24.3 Å². The third kappa shape index (κ3) is 9.58. The van der Waals surface area contributed by atoms with Gasteiger partial charge in [0.15, 0.2) is 0 Å². The van der Waals surface area contributed by atoms with Crippen molar-refractivity contribution in [3.05, 3.63) is 17.7 Å². The fourth-order valence-corrected chi connectivity index (χ4v) is 3.43. The average Bonchev–Trinajstić information content (AvgIpc) is 3.19. The Morgan fingerprint density at radius 2 is 1.42 bits per heavy atom. The number of carboxylic acid groups (broad SMARTS) is 2. The number of aromatic nitrogens is 2. The Kier molecular flexibility index (Phi) is 9.12. The van der Waals surface area contributed by atoms with E-state index < -0.39 is 24.3 Å². The number of halogens is 6. The molecule has 0 atom stereocenters. The molecule has 0 unspecified atom stereocenters. The van der Waals surface area contributed by atoms with E-state index in [9.17, 15) is 26.3 Å². The van der Waals surface area contributed by atoms with Gasteiger partial charge in [0, 0.05) is 32.4 Å². The standard InChI is InChI=1S/C15H24N4.2C2HF3O2/c1-2-6-17(5-1)10-14-11-19-8-7-18(9-13-3-4-13)12-15(19)16-14;2*3-2(4,5)1(6)7/h11,13H,1-10,12H2;2*(H,6,7). The fraction of sp³-hybridized carbons (Fsp3) is 0.737. The predicted octanol–water partition coefficient (Wildman–Crippen LogP) is 2.97. The van der Waals surface area contributed by atoms with Crippen molar-refractivity contribution in [1.82, 2.24) is 19.4 Å². The number of hydrogen-bond acceptors (Lipinski definition) is 5. The summed E-state index contributed by atoms with van der Waals surface area (Å²) in [6, 6.07) is 0. The van der Waals surface area contributed by atoms with E-state index in [4.69, 9.17) is 24.8 Å². The largest absolute Gasteiger partial charge is 0.490 e. The molecule has 0 spiro atoms. The van der Waals surface area contributed by atoms with Gasteiger partial charge in [0.25, 0.3) is 0 Å². The van der Waals surface area contributed by atoms with Crippen LogP contribution in [0.4, 0.5) is 26.3 Å². The summed E-state index contributed by atoms with van der Waals surface area (Å²) < 4.78 is 65.9. The van der Waals surface area contributed by atoms with Crippen LogP contribution < -0.4 is 0 Å². The van der Waals surface area contributed by atoms with Gasteiger partial charge in [-0.3, -0.25) is 9.80 Å². The van der Waals surface area contributed by atoms with Crippen molar-refractivity contribution >= 4 is 11.9 Å². The van der Waals surface area contributed by atoms with Crippen molar-refractivity contribution in [2.45, 2.75) is 57.7 Å². The quantitative estimate of drug-likeness (QED) is 0.629. The van der Waals surface area contributed by atoms with Crippen LogP contribution in [-0.4, -0.2) is 80.0 Å². The van der Waals surface area contributed by atoms with Crippen LogP contribution in [0.2, 0.25) is 0 Å². The SMILES string of the molecule is O=C(O)C(F)(F)F.O=C(O)C(F)(F)F.c1c(CN2CCCC2)nc2n1CCN(CC1CC1)C2. The highest BCUT2D eigenvalue weighted by atomic mass is 19.4. The molecule has 0 bridgehead atoms. The van der Waals surface area contributed by atoms with Gasteiger partial charge in [0.05, 0.1) is 12.2 Å². The van der Waals surface area contributed by atoms with Crippen LogP contribution in [0.3, 0.4) is 0 Å². The summed E-state index contributed by atoms with van der Waals surface area (Å²) in [6.45, 7) is 8.29. The van der Waals surface area contributed by atoms with Crippen LogP contribution in [0, 0.1) is 5.92 Å². The predicted molar refractivity (Wildman–Crippen MR) is 102 cm³/mol. The van der Waals surface area contributed by atoms with E-state index in [1.54, 1.807) is 0 Å². The van der Waals surface area contributed by atoms with E-state index in [0.717, 1.165) is 25.6 Å². The zero-order valence-electron chi connectivity index (χ0n) is 17.7. The maximum Gasteiger partial charge on any atom is 0.490 e. The third-order valence-corrected chi connectivity index (χ3v) is 5.21. The highest BCUT2D eigenvalue weighted by molar-refractivity contribution is 5.73. The first-order valence-electron chi connectivity index (χ1n) is 10.4. The molecule has 0 aromatic carbocycles. The Bertz CT molecular complexity index is 777. The third-order valence-electron chi connectivity index (χ3n) is 5.21. The number of alkyl halides is 6. The molecule has 33 heavy (non-hydrogen) atoms. The fourth-order valence-electron chi connectivity index (χ4n) is 3.43. The second kappa shape index (κ2) is 11.2. The molecule has 1 saturated carbocycles. The smallest absolute Gasteiger partial charge is 0.475 e. The molecule has 8 nitrogen and oxygen atoms in total. The number of carbonyl (C=O) groups is 2. The van der Waals surface area contributed by atoms with E-state index >= 15 is 0 Å². The zero-order valence-corrected chi connectivity index (χ0v) is 17.7. The van der Waals surface area contributed by atoms with Crippen LogP contribution in [0.15, 0.2) is 6.20 Å². The molecule has 0 amide bonds. The van der Waals surface area contributed by atoms with Gasteiger partial charge in [-0.05, 0) is 44.7 Å². The molecule has 1 aromatic rings. The first-order chi connectivity index (χ1) is 15.3. The molecule has 188 valence electrons. The van der Waals surface area contributed by atoms with Crippen LogP contribution in [0.5, 0.6) is 0 Å². The van der Waals surface area contributed by atoms with Crippen molar-refractivity contribution in [2.75, 3.05) is 26.2 Å². The number of rotatable bonds is 4. The lowest BCUT2D eigenvalue weighted by Gasteiger charge is -2.27. The van der Waals surface area contributed by atoms with E-state index in [0.29, 0.717) is 0 Å². The minimum absolute atomic E-state index is 0.991. The lowest BCUT2D eigenvalue weighted by atomic mass is 10.3. The number of nitrogens with zero attached hydrogens (tertiary/aromatic N) is 4. The first-order valence-corrected chi connectivity index (χ1v) is 10.4. The molecule has 2 fully saturated rings. The topological polar surface area (TPSA) is 98.9 Å². The zero-order chi connectivity index (χ0) is 24.8. The highest BCUT2D eigenvalue weighted by Gasteiger charge is 2.38. The minimum atomic E-state index is -5.08. The summed E-state index contributed by atoms with van der Waals surface area (Å²) in [5.41, 5.74) is 1.28. The Hall–Kier alpha value is -2.35. The summed E-state index contributed by atoms with van der Waals surface area (Å²) >= 11 is 0. The highest BCUT2D eigenvalue weighted by Crippen LogP contribution is 2.30. The van der Waals surface area contributed by atoms with Gasteiger partial charge in [0.1, 0.15) is 5.82 Å². The molecular weight excluding hydrogens is 462 g/mol. The van der Waals surface area contributed by atoms with Gasteiger partial charge in [-0.1, -0.05) is 0 Å². The number of imidazole rings is 1. The van der Waals surface area contributed by atoms with E-state index in [2.05, 4.69) is 20.6 Å². The molecule has 0 radical (unpaired) electrons. The second-order valence-electron chi connectivity index (χ2n) is 8.11. The van der Waals surface area contributed by atoms with Crippen LogP contribution in [0.1, 0.15) is 37.2 Å². The van der Waals surface area contributed by atoms with E-state index in [-0.39, 0.29) is 0 Å². The lowest BCUT2D eigenvalue weighted by molar-refractivity contribution is -0.193. The molecule has 1 aliphatic carbocycles. The average molecular weight is 488 g/mol. The van der Waals surface area contributed by atoms with Crippen LogP contribution in [0.25, 0.3) is 0 Å². The molecule has 1 aromatic heterocycles. The lowest BCUT2D eigenvalue weighted by Crippen LogP contribution is -2.34. The number of hydrogen-bond donors (Lipinski definition) is 2. The first kappa shape index (κ1) is 26.9. The number of likely N-dealkylation sites (tertiary alicyclic amines) is 1. The molecule has 4 rings (SSSR count). The Labute approximate surface area is 185 Å². The normalized spacial score (nSPS) is 19.1. The van der Waals surface area contributed by atoms with Crippen LogP contribution >= 0.6 is 0 Å². The Balaban J connectivity index is 0.000000230.